The van der Waals surface area contributed by atoms with Gasteiger partial charge in [-0.2, -0.15) is 21.6 Å². The molecule has 3 nitrogen and oxygen atoms in total. The van der Waals surface area contributed by atoms with Crippen LogP contribution in [0, 0.1) is 13.8 Å². The van der Waals surface area contributed by atoms with Gasteiger partial charge in [-0.3, -0.25) is 0 Å². The molecule has 0 saturated heterocycles. The van der Waals surface area contributed by atoms with Gasteiger partial charge in [0.25, 0.3) is 0 Å². The fourth-order valence-electron chi connectivity index (χ4n) is 2.26. The number of alkyl halides is 3. The molecule has 0 bridgehead atoms. The first kappa shape index (κ1) is 18.6. The van der Waals surface area contributed by atoms with E-state index in [1.807, 2.05) is 12.1 Å². The largest absolute Gasteiger partial charge is 0.534 e. The second-order valence-corrected chi connectivity index (χ2v) is 7.30. The maximum Gasteiger partial charge on any atom is 0.534 e. The number of halogens is 4. The zero-order chi connectivity index (χ0) is 18.1. The van der Waals surface area contributed by atoms with E-state index < -0.39 is 15.6 Å². The Kier molecular flexibility index (Phi) is 5.15. The second-order valence-electron chi connectivity index (χ2n) is 5.32. The van der Waals surface area contributed by atoms with Gasteiger partial charge >= 0.3 is 15.6 Å². The van der Waals surface area contributed by atoms with E-state index in [2.05, 4.69) is 4.18 Å². The van der Waals surface area contributed by atoms with Crippen molar-refractivity contribution in [1.29, 1.82) is 0 Å². The van der Waals surface area contributed by atoms with Crippen molar-refractivity contribution in [2.24, 2.45) is 0 Å². The minimum absolute atomic E-state index is 0.359. The molecular formula is C16H14ClF3O3S. The molecule has 0 N–H and O–H groups in total. The lowest BCUT2D eigenvalue weighted by Gasteiger charge is -2.14. The van der Waals surface area contributed by atoms with E-state index >= 15 is 0 Å². The van der Waals surface area contributed by atoms with Gasteiger partial charge in [0.1, 0.15) is 5.75 Å². The summed E-state index contributed by atoms with van der Waals surface area (Å²) in [5.74, 6) is -0.359. The van der Waals surface area contributed by atoms with Crippen molar-refractivity contribution in [3.05, 3.63) is 63.7 Å². The molecule has 2 rings (SSSR count). The number of rotatable bonds is 4. The standard InChI is InChI=1S/C16H14ClF3O3S/c1-10-7-14(23-24(21,22)16(18,19)20)8-11(2)15(10)9-12-3-5-13(17)6-4-12/h3-8H,9H2,1-2H3. The summed E-state index contributed by atoms with van der Waals surface area (Å²) in [6.45, 7) is 3.37. The van der Waals surface area contributed by atoms with Gasteiger partial charge < -0.3 is 4.18 Å². The molecule has 0 aliphatic heterocycles. The number of aryl methyl sites for hydroxylation is 2. The molecule has 0 spiro atoms. The van der Waals surface area contributed by atoms with Crippen LogP contribution in [-0.4, -0.2) is 13.9 Å². The summed E-state index contributed by atoms with van der Waals surface area (Å²) in [6.07, 6.45) is 0.543. The average molecular weight is 379 g/mol. The molecule has 0 aromatic heterocycles. The van der Waals surface area contributed by atoms with Gasteiger partial charge in [-0.05, 0) is 66.8 Å². The van der Waals surface area contributed by atoms with E-state index in [1.54, 1.807) is 26.0 Å². The van der Waals surface area contributed by atoms with E-state index in [1.165, 1.54) is 12.1 Å². The molecule has 2 aromatic rings. The molecule has 0 fully saturated rings. The lowest BCUT2D eigenvalue weighted by atomic mass is 9.96. The van der Waals surface area contributed by atoms with Crippen LogP contribution in [0.3, 0.4) is 0 Å². The molecule has 2 aromatic carbocycles. The molecule has 130 valence electrons. The maximum atomic E-state index is 12.4. The summed E-state index contributed by atoms with van der Waals surface area (Å²) < 4.78 is 63.6. The summed E-state index contributed by atoms with van der Waals surface area (Å²) >= 11 is 5.83. The zero-order valence-electron chi connectivity index (χ0n) is 12.8. The highest BCUT2D eigenvalue weighted by Gasteiger charge is 2.48. The van der Waals surface area contributed by atoms with Crippen LogP contribution in [0.5, 0.6) is 5.75 Å². The van der Waals surface area contributed by atoms with Gasteiger partial charge in [-0.15, -0.1) is 0 Å². The summed E-state index contributed by atoms with van der Waals surface area (Å²) in [4.78, 5) is 0. The van der Waals surface area contributed by atoms with Crippen molar-refractivity contribution in [3.63, 3.8) is 0 Å². The molecule has 24 heavy (non-hydrogen) atoms. The van der Waals surface area contributed by atoms with Crippen LogP contribution < -0.4 is 4.18 Å². The maximum absolute atomic E-state index is 12.4. The summed E-state index contributed by atoms with van der Waals surface area (Å²) in [5.41, 5.74) is -2.33. The van der Waals surface area contributed by atoms with Gasteiger partial charge in [0, 0.05) is 5.02 Å². The third-order valence-electron chi connectivity index (χ3n) is 3.45. The van der Waals surface area contributed by atoms with Crippen molar-refractivity contribution >= 4 is 21.7 Å². The van der Waals surface area contributed by atoms with Crippen molar-refractivity contribution in [3.8, 4) is 5.75 Å². The van der Waals surface area contributed by atoms with Crippen LogP contribution in [0.25, 0.3) is 0 Å². The van der Waals surface area contributed by atoms with Gasteiger partial charge in [0.05, 0.1) is 0 Å². The molecule has 0 aliphatic carbocycles. The van der Waals surface area contributed by atoms with Crippen LogP contribution >= 0.6 is 11.6 Å². The first-order chi connectivity index (χ1) is 11.0. The topological polar surface area (TPSA) is 43.4 Å². The average Bonchev–Trinajstić information content (AvgIpc) is 2.43. The highest BCUT2D eigenvalue weighted by Crippen LogP contribution is 2.30. The number of hydrogen-bond acceptors (Lipinski definition) is 3. The second kappa shape index (κ2) is 6.64. The first-order valence-corrected chi connectivity index (χ1v) is 8.63. The van der Waals surface area contributed by atoms with E-state index in [0.29, 0.717) is 22.6 Å². The van der Waals surface area contributed by atoms with Crippen LogP contribution in [0.1, 0.15) is 22.3 Å². The van der Waals surface area contributed by atoms with Crippen LogP contribution in [0.4, 0.5) is 13.2 Å². The number of hydrogen-bond donors (Lipinski definition) is 0. The minimum Gasteiger partial charge on any atom is -0.376 e. The SMILES string of the molecule is Cc1cc(OS(=O)(=O)C(F)(F)F)cc(C)c1Cc1ccc(Cl)cc1. The molecule has 0 saturated carbocycles. The van der Waals surface area contributed by atoms with Crippen molar-refractivity contribution < 1.29 is 25.8 Å². The van der Waals surface area contributed by atoms with E-state index in [-0.39, 0.29) is 5.75 Å². The highest BCUT2D eigenvalue weighted by molar-refractivity contribution is 7.88. The molecule has 0 radical (unpaired) electrons. The predicted octanol–water partition coefficient (Wildman–Crippen LogP) is 4.78. The fraction of sp³-hybridized carbons (Fsp3) is 0.250. The lowest BCUT2D eigenvalue weighted by molar-refractivity contribution is -0.0500. The third-order valence-corrected chi connectivity index (χ3v) is 4.68. The highest BCUT2D eigenvalue weighted by atomic mass is 35.5. The molecule has 0 unspecified atom stereocenters. The van der Waals surface area contributed by atoms with Crippen LogP contribution in [0.15, 0.2) is 36.4 Å². The molecule has 8 heteroatoms. The Bertz CT molecular complexity index is 821. The van der Waals surface area contributed by atoms with E-state index in [0.717, 1.165) is 11.1 Å². The Hall–Kier alpha value is -1.73. The van der Waals surface area contributed by atoms with Gasteiger partial charge in [0.15, 0.2) is 0 Å². The quantitative estimate of drug-likeness (QED) is 0.568. The van der Waals surface area contributed by atoms with Crippen molar-refractivity contribution in [2.45, 2.75) is 25.8 Å². The normalized spacial score (nSPS) is 12.2. The fourth-order valence-corrected chi connectivity index (χ4v) is 2.83. The summed E-state index contributed by atoms with van der Waals surface area (Å²) in [7, 11) is -5.68. The van der Waals surface area contributed by atoms with Crippen molar-refractivity contribution in [2.75, 3.05) is 0 Å². The predicted molar refractivity (Wildman–Crippen MR) is 85.8 cm³/mol. The van der Waals surface area contributed by atoms with Crippen molar-refractivity contribution in [1.82, 2.24) is 0 Å². The van der Waals surface area contributed by atoms with E-state index in [4.69, 9.17) is 11.6 Å². The Balaban J connectivity index is 2.30. The van der Waals surface area contributed by atoms with Gasteiger partial charge in [-0.1, -0.05) is 23.7 Å². The number of benzene rings is 2. The smallest absolute Gasteiger partial charge is 0.376 e. The Morgan fingerprint density at radius 3 is 2.00 bits per heavy atom. The summed E-state index contributed by atoms with van der Waals surface area (Å²) in [5, 5.41) is 0.605. The monoisotopic (exact) mass is 378 g/mol. The lowest BCUT2D eigenvalue weighted by Crippen LogP contribution is -2.28. The van der Waals surface area contributed by atoms with Crippen LogP contribution in [0.2, 0.25) is 5.02 Å². The Morgan fingerprint density at radius 1 is 1.04 bits per heavy atom. The molecule has 0 amide bonds. The Labute approximate surface area is 143 Å². The van der Waals surface area contributed by atoms with E-state index in [9.17, 15) is 21.6 Å². The molecule has 0 heterocycles. The Morgan fingerprint density at radius 2 is 1.54 bits per heavy atom. The third kappa shape index (κ3) is 4.21. The first-order valence-electron chi connectivity index (χ1n) is 6.85. The summed E-state index contributed by atoms with van der Waals surface area (Å²) in [6, 6.07) is 9.74. The molecule has 0 aliphatic rings. The van der Waals surface area contributed by atoms with Crippen LogP contribution in [-0.2, 0) is 16.5 Å². The molecular weight excluding hydrogens is 365 g/mol. The van der Waals surface area contributed by atoms with Gasteiger partial charge in [-0.25, -0.2) is 0 Å². The zero-order valence-corrected chi connectivity index (χ0v) is 14.4. The minimum atomic E-state index is -5.68. The molecule has 0 atom stereocenters. The van der Waals surface area contributed by atoms with Gasteiger partial charge in [0.2, 0.25) is 0 Å².